The van der Waals surface area contributed by atoms with Gasteiger partial charge < -0.3 is 14.6 Å². The molecule has 10 heteroatoms. The molecule has 6 rings (SSSR count). The zero-order valence-electron chi connectivity index (χ0n) is 15.9. The van der Waals surface area contributed by atoms with Gasteiger partial charge in [-0.3, -0.25) is 0 Å². The minimum atomic E-state index is 0.366. The van der Waals surface area contributed by atoms with Crippen molar-refractivity contribution in [2.75, 3.05) is 23.3 Å². The van der Waals surface area contributed by atoms with E-state index in [-0.39, 0.29) is 0 Å². The normalized spacial score (nSPS) is 23.8. The van der Waals surface area contributed by atoms with Gasteiger partial charge in [0, 0.05) is 36.9 Å². The number of nitrogens with zero attached hydrogens (tertiary/aromatic N) is 7. The van der Waals surface area contributed by atoms with Crippen molar-refractivity contribution in [1.82, 2.24) is 28.9 Å². The minimum absolute atomic E-state index is 0.366. The zero-order valence-corrected chi connectivity index (χ0v) is 16.7. The molecule has 0 spiro atoms. The van der Waals surface area contributed by atoms with Crippen LogP contribution in [-0.4, -0.2) is 48.1 Å². The molecule has 4 aromatic rings. The molecule has 9 nitrogen and oxygen atoms in total. The molecule has 2 fully saturated rings. The third-order valence-electron chi connectivity index (χ3n) is 5.93. The molecule has 148 valence electrons. The fourth-order valence-electron chi connectivity index (χ4n) is 4.64. The maximum atomic E-state index is 5.53. The van der Waals surface area contributed by atoms with Gasteiger partial charge in [-0.1, -0.05) is 0 Å². The summed E-state index contributed by atoms with van der Waals surface area (Å²) in [5.41, 5.74) is 0.838. The average molecular weight is 408 g/mol. The third-order valence-corrected chi connectivity index (χ3v) is 6.80. The molecule has 1 aliphatic carbocycles. The summed E-state index contributed by atoms with van der Waals surface area (Å²) in [7, 11) is 0. The molecular formula is C19H20N8OS. The van der Waals surface area contributed by atoms with E-state index in [9.17, 15) is 0 Å². The lowest BCUT2D eigenvalue weighted by Crippen LogP contribution is -2.48. The van der Waals surface area contributed by atoms with Crippen LogP contribution < -0.4 is 10.2 Å². The van der Waals surface area contributed by atoms with Crippen LogP contribution in [0, 0.1) is 18.8 Å². The molecule has 1 saturated heterocycles. The summed E-state index contributed by atoms with van der Waals surface area (Å²) < 4.78 is 11.6. The molecule has 5 heterocycles. The predicted octanol–water partition coefficient (Wildman–Crippen LogP) is 2.87. The van der Waals surface area contributed by atoms with Gasteiger partial charge in [-0.2, -0.15) is 13.9 Å². The van der Waals surface area contributed by atoms with Crippen LogP contribution in [0.15, 0.2) is 35.1 Å². The van der Waals surface area contributed by atoms with Crippen molar-refractivity contribution in [3.8, 4) is 11.5 Å². The number of furan rings is 1. The van der Waals surface area contributed by atoms with E-state index in [1.165, 1.54) is 24.4 Å². The summed E-state index contributed by atoms with van der Waals surface area (Å²) in [5, 5.41) is 9.33. The summed E-state index contributed by atoms with van der Waals surface area (Å²) in [6, 6.07) is 6.03. The van der Waals surface area contributed by atoms with Crippen LogP contribution in [0.1, 0.15) is 18.7 Å². The van der Waals surface area contributed by atoms with E-state index in [2.05, 4.69) is 34.6 Å². The fraction of sp³-hybridized carbons (Fsp3) is 0.421. The van der Waals surface area contributed by atoms with Crippen LogP contribution in [0.2, 0.25) is 0 Å². The van der Waals surface area contributed by atoms with Crippen molar-refractivity contribution in [1.29, 1.82) is 0 Å². The molecule has 1 saturated carbocycles. The molecule has 1 N–H and O–H groups in total. The smallest absolute Gasteiger partial charge is 0.254 e. The molecule has 4 aromatic heterocycles. The summed E-state index contributed by atoms with van der Waals surface area (Å²) >= 11 is 1.50. The second-order valence-corrected chi connectivity index (χ2v) is 8.48. The van der Waals surface area contributed by atoms with Crippen LogP contribution >= 0.6 is 11.5 Å². The number of aryl methyl sites for hydroxylation is 1. The average Bonchev–Trinajstić information content (AvgIpc) is 3.49. The fourth-order valence-corrected chi connectivity index (χ4v) is 5.34. The zero-order chi connectivity index (χ0) is 19.4. The number of hydrogen-bond donors (Lipinski definition) is 1. The number of aromatic nitrogens is 6. The second kappa shape index (κ2) is 6.51. The molecule has 29 heavy (non-hydrogen) atoms. The van der Waals surface area contributed by atoms with Gasteiger partial charge in [0.25, 0.3) is 5.78 Å². The van der Waals surface area contributed by atoms with Gasteiger partial charge in [-0.25, -0.2) is 9.97 Å². The standard InChI is InChI=1S/C19H20N8OS/c1-11-21-19(29-25-11)26-9-12-4-5-13(10-26)16(12)22-17-23-18-20-7-6-14(27(18)24-17)15-3-2-8-28-15/h2-3,6-8,12-13,16H,4-5,9-10H2,1H3,(H,22,24). The molecule has 2 unspecified atom stereocenters. The molecular weight excluding hydrogens is 388 g/mol. The topological polar surface area (TPSA) is 97.3 Å². The largest absolute Gasteiger partial charge is 0.463 e. The van der Waals surface area contributed by atoms with Gasteiger partial charge in [-0.15, -0.1) is 5.10 Å². The molecule has 1 aliphatic heterocycles. The van der Waals surface area contributed by atoms with Crippen molar-refractivity contribution in [2.24, 2.45) is 11.8 Å². The maximum Gasteiger partial charge on any atom is 0.254 e. The Morgan fingerprint density at radius 1 is 1.17 bits per heavy atom. The number of hydrogen-bond acceptors (Lipinski definition) is 9. The Balaban J connectivity index is 1.25. The van der Waals surface area contributed by atoms with E-state index in [4.69, 9.17) is 4.42 Å². The Kier molecular flexibility index (Phi) is 3.80. The van der Waals surface area contributed by atoms with Crippen molar-refractivity contribution in [3.05, 3.63) is 36.5 Å². The van der Waals surface area contributed by atoms with Gasteiger partial charge in [0.2, 0.25) is 11.1 Å². The lowest BCUT2D eigenvalue weighted by Gasteiger charge is -2.37. The van der Waals surface area contributed by atoms with Gasteiger partial charge in [-0.05, 0) is 49.8 Å². The highest BCUT2D eigenvalue weighted by Crippen LogP contribution is 2.40. The Bertz CT molecular complexity index is 1140. The van der Waals surface area contributed by atoms with Crippen LogP contribution in [-0.2, 0) is 0 Å². The predicted molar refractivity (Wildman–Crippen MR) is 109 cm³/mol. The monoisotopic (exact) mass is 408 g/mol. The lowest BCUT2D eigenvalue weighted by atomic mass is 9.92. The number of fused-ring (bicyclic) bond motifs is 3. The Hall–Kier alpha value is -3.01. The van der Waals surface area contributed by atoms with Crippen LogP contribution in [0.4, 0.5) is 11.1 Å². The van der Waals surface area contributed by atoms with E-state index in [1.807, 2.05) is 25.1 Å². The first-order valence-electron chi connectivity index (χ1n) is 9.82. The van der Waals surface area contributed by atoms with E-state index in [1.54, 1.807) is 17.0 Å². The second-order valence-electron chi connectivity index (χ2n) is 7.75. The summed E-state index contributed by atoms with van der Waals surface area (Å²) in [6.07, 6.45) is 5.81. The highest BCUT2D eigenvalue weighted by molar-refractivity contribution is 7.09. The highest BCUT2D eigenvalue weighted by Gasteiger charge is 2.43. The number of nitrogens with one attached hydrogen (secondary N) is 1. The summed E-state index contributed by atoms with van der Waals surface area (Å²) in [4.78, 5) is 15.9. The van der Waals surface area contributed by atoms with Crippen molar-refractivity contribution >= 4 is 28.4 Å². The third kappa shape index (κ3) is 2.86. The quantitative estimate of drug-likeness (QED) is 0.551. The summed E-state index contributed by atoms with van der Waals surface area (Å²) in [5.74, 6) is 3.87. The molecule has 2 aliphatic rings. The molecule has 0 radical (unpaired) electrons. The number of piperidine rings is 1. The first kappa shape index (κ1) is 16.9. The molecule has 2 atom stereocenters. The van der Waals surface area contributed by atoms with E-state index >= 15 is 0 Å². The van der Waals surface area contributed by atoms with Crippen molar-refractivity contribution in [2.45, 2.75) is 25.8 Å². The van der Waals surface area contributed by atoms with Gasteiger partial charge in [0.1, 0.15) is 11.5 Å². The van der Waals surface area contributed by atoms with Crippen molar-refractivity contribution < 1.29 is 4.42 Å². The Morgan fingerprint density at radius 2 is 2.03 bits per heavy atom. The van der Waals surface area contributed by atoms with Crippen LogP contribution in [0.25, 0.3) is 17.2 Å². The summed E-state index contributed by atoms with van der Waals surface area (Å²) in [6.45, 7) is 3.93. The van der Waals surface area contributed by atoms with Gasteiger partial charge >= 0.3 is 0 Å². The molecule has 0 aromatic carbocycles. The lowest BCUT2D eigenvalue weighted by molar-refractivity contribution is 0.376. The van der Waals surface area contributed by atoms with Gasteiger partial charge in [0.05, 0.1) is 6.26 Å². The Morgan fingerprint density at radius 3 is 2.76 bits per heavy atom. The van der Waals surface area contributed by atoms with E-state index in [0.29, 0.717) is 29.6 Å². The number of rotatable bonds is 4. The minimum Gasteiger partial charge on any atom is -0.463 e. The van der Waals surface area contributed by atoms with Gasteiger partial charge in [0.15, 0.2) is 5.76 Å². The first-order valence-corrected chi connectivity index (χ1v) is 10.6. The first-order chi connectivity index (χ1) is 14.2. The van der Waals surface area contributed by atoms with Crippen LogP contribution in [0.5, 0.6) is 0 Å². The highest BCUT2D eigenvalue weighted by atomic mass is 32.1. The maximum absolute atomic E-state index is 5.53. The van der Waals surface area contributed by atoms with E-state index in [0.717, 1.165) is 35.5 Å². The molecule has 0 amide bonds. The van der Waals surface area contributed by atoms with Crippen molar-refractivity contribution in [3.63, 3.8) is 0 Å². The Labute approximate surface area is 171 Å². The molecule has 2 bridgehead atoms. The SMILES string of the molecule is Cc1nsc(N2CC3CCC(C2)C3Nc2nc3nccc(-c4ccco4)n3n2)n1. The number of anilines is 2. The van der Waals surface area contributed by atoms with E-state index < -0.39 is 0 Å². The van der Waals surface area contributed by atoms with Crippen LogP contribution in [0.3, 0.4) is 0 Å².